The molecule has 0 atom stereocenters. The van der Waals surface area contributed by atoms with Crippen LogP contribution in [0.4, 0.5) is 5.69 Å². The fourth-order valence-corrected chi connectivity index (χ4v) is 3.00. The van der Waals surface area contributed by atoms with Crippen LogP contribution in [-0.4, -0.2) is 18.9 Å². The molecule has 0 bridgehead atoms. The Kier molecular flexibility index (Phi) is 4.09. The molecule has 0 saturated heterocycles. The summed E-state index contributed by atoms with van der Waals surface area (Å²) in [4.78, 5) is 12.2. The topological polar surface area (TPSA) is 83.5 Å². The third-order valence-corrected chi connectivity index (χ3v) is 4.61. The second kappa shape index (κ2) is 6.07. The molecule has 0 spiro atoms. The van der Waals surface area contributed by atoms with E-state index in [0.29, 0.717) is 16.6 Å². The molecule has 0 aliphatic heterocycles. The van der Waals surface area contributed by atoms with Crippen LogP contribution in [0.1, 0.15) is 15.9 Å². The van der Waals surface area contributed by atoms with Crippen molar-refractivity contribution in [1.82, 2.24) is 0 Å². The number of amides is 1. The molecule has 5 nitrogen and oxygen atoms in total. The van der Waals surface area contributed by atoms with Crippen molar-refractivity contribution in [2.75, 3.05) is 5.32 Å². The highest BCUT2D eigenvalue weighted by atomic mass is 32.2. The lowest BCUT2D eigenvalue weighted by Crippen LogP contribution is -2.13. The maximum atomic E-state index is 12.3. The number of aryl methyl sites for hydroxylation is 1. The molecular formula is C18H15NO4S. The highest BCUT2D eigenvalue weighted by Crippen LogP contribution is 2.23. The van der Waals surface area contributed by atoms with E-state index in [1.807, 2.05) is 19.1 Å². The standard InChI is InChI=1S/C18H15NO4S/c1-12-4-2-3-5-17(12)18(20)19-15-8-6-14-11-16(24(21,22)23)9-7-13(14)10-15/h2-11H,1H3,(H,19,20)(H,21,22,23). The van der Waals surface area contributed by atoms with Crippen molar-refractivity contribution in [2.45, 2.75) is 11.8 Å². The Hall–Kier alpha value is -2.70. The lowest BCUT2D eigenvalue weighted by Gasteiger charge is -2.09. The number of fused-ring (bicyclic) bond motifs is 1. The molecule has 0 aliphatic carbocycles. The smallest absolute Gasteiger partial charge is 0.294 e. The van der Waals surface area contributed by atoms with Gasteiger partial charge in [0.05, 0.1) is 4.90 Å². The molecule has 0 radical (unpaired) electrons. The zero-order chi connectivity index (χ0) is 17.3. The Morgan fingerprint density at radius 2 is 1.62 bits per heavy atom. The van der Waals surface area contributed by atoms with Crippen LogP contribution in [0.15, 0.2) is 65.6 Å². The van der Waals surface area contributed by atoms with Crippen molar-refractivity contribution in [3.8, 4) is 0 Å². The predicted molar refractivity (Wildman–Crippen MR) is 92.9 cm³/mol. The van der Waals surface area contributed by atoms with E-state index in [1.165, 1.54) is 12.1 Å². The molecule has 2 N–H and O–H groups in total. The van der Waals surface area contributed by atoms with Crippen LogP contribution in [0.25, 0.3) is 10.8 Å². The quantitative estimate of drug-likeness (QED) is 0.712. The minimum atomic E-state index is -4.23. The maximum absolute atomic E-state index is 12.3. The molecule has 3 rings (SSSR count). The average molecular weight is 341 g/mol. The van der Waals surface area contributed by atoms with Crippen LogP contribution in [0.3, 0.4) is 0 Å². The van der Waals surface area contributed by atoms with E-state index < -0.39 is 10.1 Å². The summed E-state index contributed by atoms with van der Waals surface area (Å²) in [5, 5.41) is 4.24. The van der Waals surface area contributed by atoms with Crippen LogP contribution < -0.4 is 5.32 Å². The first-order chi connectivity index (χ1) is 11.3. The largest absolute Gasteiger partial charge is 0.322 e. The van der Waals surface area contributed by atoms with Gasteiger partial charge in [-0.25, -0.2) is 0 Å². The lowest BCUT2D eigenvalue weighted by atomic mass is 10.1. The lowest BCUT2D eigenvalue weighted by molar-refractivity contribution is 0.102. The number of benzene rings is 3. The highest BCUT2D eigenvalue weighted by molar-refractivity contribution is 7.85. The molecule has 6 heteroatoms. The van der Waals surface area contributed by atoms with Gasteiger partial charge in [0.25, 0.3) is 16.0 Å². The van der Waals surface area contributed by atoms with Gasteiger partial charge >= 0.3 is 0 Å². The van der Waals surface area contributed by atoms with Crippen molar-refractivity contribution >= 4 is 32.5 Å². The Labute approximate surface area is 139 Å². The van der Waals surface area contributed by atoms with Gasteiger partial charge in [-0.1, -0.05) is 30.3 Å². The number of anilines is 1. The summed E-state index contributed by atoms with van der Waals surface area (Å²) in [6, 6.07) is 16.7. The molecule has 3 aromatic rings. The third kappa shape index (κ3) is 3.29. The second-order valence-corrected chi connectivity index (χ2v) is 6.89. The number of carbonyl (C=O) groups is 1. The summed E-state index contributed by atoms with van der Waals surface area (Å²) in [5.41, 5.74) is 2.09. The van der Waals surface area contributed by atoms with Crippen molar-refractivity contribution in [3.05, 3.63) is 71.8 Å². The van der Waals surface area contributed by atoms with E-state index in [0.717, 1.165) is 10.9 Å². The number of hydrogen-bond donors (Lipinski definition) is 2. The summed E-state index contributed by atoms with van der Waals surface area (Å²) in [5.74, 6) is -0.206. The van der Waals surface area contributed by atoms with Crippen LogP contribution in [-0.2, 0) is 10.1 Å². The van der Waals surface area contributed by atoms with Gasteiger partial charge in [0, 0.05) is 11.3 Å². The number of carbonyl (C=O) groups excluding carboxylic acids is 1. The summed E-state index contributed by atoms with van der Waals surface area (Å²) < 4.78 is 31.4. The minimum Gasteiger partial charge on any atom is -0.322 e. The monoisotopic (exact) mass is 341 g/mol. The van der Waals surface area contributed by atoms with Crippen LogP contribution in [0, 0.1) is 6.92 Å². The molecule has 122 valence electrons. The maximum Gasteiger partial charge on any atom is 0.294 e. The normalized spacial score (nSPS) is 11.4. The fourth-order valence-electron chi connectivity index (χ4n) is 2.49. The Balaban J connectivity index is 1.92. The van der Waals surface area contributed by atoms with E-state index in [-0.39, 0.29) is 10.8 Å². The first-order valence-corrected chi connectivity index (χ1v) is 8.67. The highest BCUT2D eigenvalue weighted by Gasteiger charge is 2.11. The van der Waals surface area contributed by atoms with E-state index >= 15 is 0 Å². The first kappa shape index (κ1) is 16.2. The SMILES string of the molecule is Cc1ccccc1C(=O)Nc1ccc2cc(S(=O)(=O)O)ccc2c1. The number of nitrogens with one attached hydrogen (secondary N) is 1. The van der Waals surface area contributed by atoms with Gasteiger partial charge in [0.2, 0.25) is 0 Å². The molecule has 0 fully saturated rings. The van der Waals surface area contributed by atoms with E-state index in [1.54, 1.807) is 36.4 Å². The van der Waals surface area contributed by atoms with Gasteiger partial charge < -0.3 is 5.32 Å². The minimum absolute atomic E-state index is 0.160. The van der Waals surface area contributed by atoms with E-state index in [4.69, 9.17) is 4.55 Å². The Morgan fingerprint density at radius 1 is 0.958 bits per heavy atom. The van der Waals surface area contributed by atoms with Crippen molar-refractivity contribution in [1.29, 1.82) is 0 Å². The average Bonchev–Trinajstić information content (AvgIpc) is 2.53. The molecule has 1 amide bonds. The zero-order valence-electron chi connectivity index (χ0n) is 12.9. The van der Waals surface area contributed by atoms with Crippen LogP contribution in [0.5, 0.6) is 0 Å². The second-order valence-electron chi connectivity index (χ2n) is 5.47. The summed E-state index contributed by atoms with van der Waals surface area (Å²) in [6.45, 7) is 1.87. The first-order valence-electron chi connectivity index (χ1n) is 7.23. The number of hydrogen-bond acceptors (Lipinski definition) is 3. The van der Waals surface area contributed by atoms with Crippen molar-refractivity contribution < 1.29 is 17.8 Å². The number of rotatable bonds is 3. The van der Waals surface area contributed by atoms with E-state index in [2.05, 4.69) is 5.32 Å². The van der Waals surface area contributed by atoms with Crippen LogP contribution in [0.2, 0.25) is 0 Å². The molecule has 24 heavy (non-hydrogen) atoms. The summed E-state index contributed by atoms with van der Waals surface area (Å²) in [6.07, 6.45) is 0. The van der Waals surface area contributed by atoms with Crippen molar-refractivity contribution in [3.63, 3.8) is 0 Å². The molecular weight excluding hydrogens is 326 g/mol. The molecule has 0 unspecified atom stereocenters. The molecule has 0 saturated carbocycles. The Bertz CT molecular complexity index is 1040. The summed E-state index contributed by atoms with van der Waals surface area (Å²) >= 11 is 0. The zero-order valence-corrected chi connectivity index (χ0v) is 13.7. The Morgan fingerprint density at radius 3 is 2.33 bits per heavy atom. The summed E-state index contributed by atoms with van der Waals surface area (Å²) in [7, 11) is -4.23. The van der Waals surface area contributed by atoms with Gasteiger partial charge in [-0.2, -0.15) is 8.42 Å². The molecule has 0 heterocycles. The molecule has 0 aliphatic rings. The van der Waals surface area contributed by atoms with Gasteiger partial charge in [0.1, 0.15) is 0 Å². The van der Waals surface area contributed by atoms with Gasteiger partial charge in [-0.05, 0) is 53.6 Å². The van der Waals surface area contributed by atoms with Crippen molar-refractivity contribution in [2.24, 2.45) is 0 Å². The van der Waals surface area contributed by atoms with Gasteiger partial charge in [0.15, 0.2) is 0 Å². The van der Waals surface area contributed by atoms with Gasteiger partial charge in [-0.15, -0.1) is 0 Å². The molecule has 3 aromatic carbocycles. The third-order valence-electron chi connectivity index (χ3n) is 3.76. The predicted octanol–water partition coefficient (Wildman–Crippen LogP) is 3.65. The van der Waals surface area contributed by atoms with E-state index in [9.17, 15) is 13.2 Å². The fraction of sp³-hybridized carbons (Fsp3) is 0.0556. The molecule has 0 aromatic heterocycles. The van der Waals surface area contributed by atoms with Gasteiger partial charge in [-0.3, -0.25) is 9.35 Å². The van der Waals surface area contributed by atoms with Crippen LogP contribution >= 0.6 is 0 Å².